The predicted octanol–water partition coefficient (Wildman–Crippen LogP) is 2.29. The Morgan fingerprint density at radius 1 is 1.14 bits per heavy atom. The third-order valence-electron chi connectivity index (χ3n) is 2.93. The molecule has 0 saturated carbocycles. The molecule has 0 aliphatic rings. The highest BCUT2D eigenvalue weighted by molar-refractivity contribution is 5.85. The van der Waals surface area contributed by atoms with E-state index in [-0.39, 0.29) is 11.3 Å². The summed E-state index contributed by atoms with van der Waals surface area (Å²) in [4.78, 5) is 24.8. The van der Waals surface area contributed by atoms with Gasteiger partial charge in [-0.15, -0.1) is 0 Å². The molecule has 0 atom stereocenters. The summed E-state index contributed by atoms with van der Waals surface area (Å²) < 4.78 is 44.8. The van der Waals surface area contributed by atoms with Crippen LogP contribution >= 0.6 is 0 Å². The fraction of sp³-hybridized carbons (Fsp3) is 0.0769. The van der Waals surface area contributed by atoms with Crippen LogP contribution in [0.25, 0.3) is 16.7 Å². The normalized spacial score (nSPS) is 12.0. The largest absolute Gasteiger partial charge is 0.462 e. The van der Waals surface area contributed by atoms with E-state index in [0.717, 1.165) is 0 Å². The van der Waals surface area contributed by atoms with Crippen molar-refractivity contribution in [3.05, 3.63) is 63.1 Å². The van der Waals surface area contributed by atoms with Gasteiger partial charge in [0.05, 0.1) is 12.0 Å². The van der Waals surface area contributed by atoms with Crippen LogP contribution < -0.4 is 11.2 Å². The van der Waals surface area contributed by atoms with Gasteiger partial charge in [0, 0.05) is 11.5 Å². The number of rotatable bonds is 1. The number of aromatic nitrogens is 2. The van der Waals surface area contributed by atoms with Crippen LogP contribution in [0.2, 0.25) is 0 Å². The maximum atomic E-state index is 13.1. The molecule has 0 spiro atoms. The minimum absolute atomic E-state index is 0.0916. The Balaban J connectivity index is 2.45. The van der Waals surface area contributed by atoms with Crippen LogP contribution in [0.15, 0.2) is 50.6 Å². The summed E-state index contributed by atoms with van der Waals surface area (Å²) >= 11 is 0. The number of alkyl halides is 3. The standard InChI is InChI=1S/C13H7F3N2O3/c14-13(15,16)9-6-10(19)17-12(20)18(9)8-3-1-2-7-4-5-21-11(7)8/h1-6H,(H,17,19,20). The van der Waals surface area contributed by atoms with Crippen molar-refractivity contribution in [2.24, 2.45) is 0 Å². The summed E-state index contributed by atoms with van der Waals surface area (Å²) in [5, 5.41) is 0.540. The molecule has 8 heteroatoms. The zero-order valence-electron chi connectivity index (χ0n) is 10.3. The molecule has 0 bridgehead atoms. The van der Waals surface area contributed by atoms with Gasteiger partial charge in [-0.2, -0.15) is 13.2 Å². The third-order valence-corrected chi connectivity index (χ3v) is 2.93. The number of hydrogen-bond acceptors (Lipinski definition) is 3. The first-order chi connectivity index (χ1) is 9.88. The van der Waals surface area contributed by atoms with Crippen LogP contribution in [-0.4, -0.2) is 9.55 Å². The first-order valence-corrected chi connectivity index (χ1v) is 5.78. The first kappa shape index (κ1) is 13.2. The number of halogens is 3. The molecular weight excluding hydrogens is 289 g/mol. The van der Waals surface area contributed by atoms with Gasteiger partial charge in [-0.05, 0) is 12.1 Å². The molecule has 0 aliphatic heterocycles. The van der Waals surface area contributed by atoms with Gasteiger partial charge >= 0.3 is 11.9 Å². The lowest BCUT2D eigenvalue weighted by Crippen LogP contribution is -2.34. The van der Waals surface area contributed by atoms with Crippen molar-refractivity contribution >= 4 is 11.0 Å². The lowest BCUT2D eigenvalue weighted by atomic mass is 10.2. The highest BCUT2D eigenvalue weighted by atomic mass is 19.4. The number of nitrogens with one attached hydrogen (secondary N) is 1. The van der Waals surface area contributed by atoms with E-state index in [1.54, 1.807) is 12.1 Å². The molecule has 5 nitrogen and oxygen atoms in total. The van der Waals surface area contributed by atoms with Gasteiger partial charge in [0.25, 0.3) is 5.56 Å². The van der Waals surface area contributed by atoms with Crippen molar-refractivity contribution in [1.82, 2.24) is 9.55 Å². The van der Waals surface area contributed by atoms with Crippen LogP contribution in [0, 0.1) is 0 Å². The number of fused-ring (bicyclic) bond motifs is 1. The summed E-state index contributed by atoms with van der Waals surface area (Å²) in [5.74, 6) is 0. The summed E-state index contributed by atoms with van der Waals surface area (Å²) in [6, 6.07) is 6.32. The fourth-order valence-corrected chi connectivity index (χ4v) is 2.10. The molecule has 0 saturated heterocycles. The Morgan fingerprint density at radius 2 is 1.90 bits per heavy atom. The minimum atomic E-state index is -4.86. The Morgan fingerprint density at radius 3 is 2.62 bits per heavy atom. The summed E-state index contributed by atoms with van der Waals surface area (Å²) in [6.45, 7) is 0. The van der Waals surface area contributed by atoms with E-state index in [1.807, 2.05) is 4.98 Å². The van der Waals surface area contributed by atoms with E-state index in [4.69, 9.17) is 4.42 Å². The second-order valence-electron chi connectivity index (χ2n) is 4.27. The second kappa shape index (κ2) is 4.37. The number of nitrogens with zero attached hydrogens (tertiary/aromatic N) is 1. The molecule has 0 unspecified atom stereocenters. The number of H-pyrrole nitrogens is 1. The maximum Gasteiger partial charge on any atom is 0.432 e. The number of aromatic amines is 1. The van der Waals surface area contributed by atoms with Crippen LogP contribution in [-0.2, 0) is 6.18 Å². The first-order valence-electron chi connectivity index (χ1n) is 5.78. The Kier molecular flexibility index (Phi) is 2.75. The van der Waals surface area contributed by atoms with Gasteiger partial charge in [-0.1, -0.05) is 12.1 Å². The molecule has 2 heterocycles. The average molecular weight is 296 g/mol. The molecule has 3 rings (SSSR count). The molecule has 1 N–H and O–H groups in total. The lowest BCUT2D eigenvalue weighted by molar-refractivity contribution is -0.143. The van der Waals surface area contributed by atoms with Crippen LogP contribution in [0.3, 0.4) is 0 Å². The number of furan rings is 1. The summed E-state index contributed by atoms with van der Waals surface area (Å²) in [7, 11) is 0. The van der Waals surface area contributed by atoms with E-state index >= 15 is 0 Å². The predicted molar refractivity (Wildman–Crippen MR) is 67.4 cm³/mol. The molecule has 0 aliphatic carbocycles. The SMILES string of the molecule is O=c1cc(C(F)(F)F)n(-c2cccc3ccoc23)c(=O)[nH]1. The summed E-state index contributed by atoms with van der Waals surface area (Å²) in [5.41, 5.74) is -3.63. The smallest absolute Gasteiger partial charge is 0.432 e. The van der Waals surface area contributed by atoms with Gasteiger partial charge < -0.3 is 4.42 Å². The number of para-hydroxylation sites is 1. The molecule has 108 valence electrons. The topological polar surface area (TPSA) is 68.0 Å². The molecule has 0 fully saturated rings. The van der Waals surface area contributed by atoms with Crippen molar-refractivity contribution in [1.29, 1.82) is 0 Å². The molecule has 0 radical (unpaired) electrons. The maximum absolute atomic E-state index is 13.1. The zero-order valence-corrected chi connectivity index (χ0v) is 10.3. The Bertz CT molecular complexity index is 934. The zero-order chi connectivity index (χ0) is 15.2. The Hall–Kier alpha value is -2.77. The molecule has 2 aromatic heterocycles. The van der Waals surface area contributed by atoms with Gasteiger partial charge in [0.2, 0.25) is 0 Å². The molecule has 0 amide bonds. The van der Waals surface area contributed by atoms with Crippen LogP contribution in [0.5, 0.6) is 0 Å². The number of benzene rings is 1. The highest BCUT2D eigenvalue weighted by Crippen LogP contribution is 2.31. The van der Waals surface area contributed by atoms with Gasteiger partial charge in [0.15, 0.2) is 5.58 Å². The van der Waals surface area contributed by atoms with Gasteiger partial charge in [0.1, 0.15) is 5.69 Å². The monoisotopic (exact) mass is 296 g/mol. The van der Waals surface area contributed by atoms with Gasteiger partial charge in [-0.25, -0.2) is 4.79 Å². The van der Waals surface area contributed by atoms with Crippen molar-refractivity contribution in [3.63, 3.8) is 0 Å². The third kappa shape index (κ3) is 2.14. The highest BCUT2D eigenvalue weighted by Gasteiger charge is 2.36. The van der Waals surface area contributed by atoms with Crippen molar-refractivity contribution in [2.45, 2.75) is 6.18 Å². The number of hydrogen-bond donors (Lipinski definition) is 1. The van der Waals surface area contributed by atoms with E-state index in [2.05, 4.69) is 0 Å². The molecule has 21 heavy (non-hydrogen) atoms. The quantitative estimate of drug-likeness (QED) is 0.749. The minimum Gasteiger partial charge on any atom is -0.462 e. The van der Waals surface area contributed by atoms with Gasteiger partial charge in [-0.3, -0.25) is 14.3 Å². The fourth-order valence-electron chi connectivity index (χ4n) is 2.10. The Labute approximate surface area is 114 Å². The van der Waals surface area contributed by atoms with E-state index in [0.29, 0.717) is 16.0 Å². The van der Waals surface area contributed by atoms with E-state index < -0.39 is 23.1 Å². The van der Waals surface area contributed by atoms with Crippen molar-refractivity contribution in [2.75, 3.05) is 0 Å². The lowest BCUT2D eigenvalue weighted by Gasteiger charge is -2.14. The van der Waals surface area contributed by atoms with Crippen LogP contribution in [0.4, 0.5) is 13.2 Å². The summed E-state index contributed by atoms with van der Waals surface area (Å²) in [6.07, 6.45) is -3.56. The second-order valence-corrected chi connectivity index (χ2v) is 4.27. The molecule has 3 aromatic rings. The van der Waals surface area contributed by atoms with Crippen LogP contribution in [0.1, 0.15) is 5.69 Å². The van der Waals surface area contributed by atoms with Crippen molar-refractivity contribution < 1.29 is 17.6 Å². The van der Waals surface area contributed by atoms with Crippen molar-refractivity contribution in [3.8, 4) is 5.69 Å². The van der Waals surface area contributed by atoms with E-state index in [1.165, 1.54) is 18.4 Å². The average Bonchev–Trinajstić information content (AvgIpc) is 2.85. The molecule has 1 aromatic carbocycles. The molecular formula is C13H7F3N2O3. The van der Waals surface area contributed by atoms with E-state index in [9.17, 15) is 22.8 Å².